The van der Waals surface area contributed by atoms with E-state index in [2.05, 4.69) is 5.32 Å². The van der Waals surface area contributed by atoms with E-state index in [1.54, 1.807) is 12.1 Å². The van der Waals surface area contributed by atoms with Crippen molar-refractivity contribution in [2.45, 2.75) is 31.3 Å². The standard InChI is InChI=1S/C23H27N3O2.ClH/c24-20-12-11-18-14-26(15-19(18)20)22(27)13-21(16-7-3-1-4-8-16)25-23(28)17-9-5-2-6-10-17;/h1-10,18-21H,11-15,24H2,(H,25,28);1H. The first-order valence-corrected chi connectivity index (χ1v) is 10.1. The van der Waals surface area contributed by atoms with E-state index < -0.39 is 0 Å². The van der Waals surface area contributed by atoms with Gasteiger partial charge in [0.1, 0.15) is 0 Å². The van der Waals surface area contributed by atoms with Crippen molar-refractivity contribution in [2.24, 2.45) is 17.6 Å². The summed E-state index contributed by atoms with van der Waals surface area (Å²) in [4.78, 5) is 27.6. The van der Waals surface area contributed by atoms with Crippen LogP contribution in [0.15, 0.2) is 60.7 Å². The maximum Gasteiger partial charge on any atom is 0.251 e. The van der Waals surface area contributed by atoms with Crippen LogP contribution in [-0.4, -0.2) is 35.8 Å². The summed E-state index contributed by atoms with van der Waals surface area (Å²) in [6.07, 6.45) is 2.44. The topological polar surface area (TPSA) is 75.4 Å². The number of hydrogen-bond donors (Lipinski definition) is 2. The third-order valence-corrected chi connectivity index (χ3v) is 6.19. The van der Waals surface area contributed by atoms with E-state index in [9.17, 15) is 9.59 Å². The maximum absolute atomic E-state index is 13.0. The van der Waals surface area contributed by atoms with Gasteiger partial charge in [0.2, 0.25) is 5.91 Å². The molecule has 29 heavy (non-hydrogen) atoms. The molecule has 6 heteroatoms. The maximum atomic E-state index is 13.0. The van der Waals surface area contributed by atoms with Crippen molar-refractivity contribution >= 4 is 24.2 Å². The Kier molecular flexibility index (Phi) is 6.93. The quantitative estimate of drug-likeness (QED) is 0.790. The van der Waals surface area contributed by atoms with E-state index in [-0.39, 0.29) is 42.7 Å². The summed E-state index contributed by atoms with van der Waals surface area (Å²) in [6, 6.07) is 18.7. The Hall–Kier alpha value is -2.37. The molecule has 1 saturated heterocycles. The highest BCUT2D eigenvalue weighted by Crippen LogP contribution is 2.37. The zero-order valence-electron chi connectivity index (χ0n) is 16.4. The smallest absolute Gasteiger partial charge is 0.251 e. The molecule has 4 unspecified atom stereocenters. The van der Waals surface area contributed by atoms with Crippen molar-refractivity contribution in [2.75, 3.05) is 13.1 Å². The van der Waals surface area contributed by atoms with Crippen LogP contribution < -0.4 is 11.1 Å². The lowest BCUT2D eigenvalue weighted by Gasteiger charge is -2.24. The first kappa shape index (κ1) is 21.3. The summed E-state index contributed by atoms with van der Waals surface area (Å²) < 4.78 is 0. The third-order valence-electron chi connectivity index (χ3n) is 6.19. The summed E-state index contributed by atoms with van der Waals surface area (Å²) in [5.74, 6) is 0.887. The van der Waals surface area contributed by atoms with E-state index in [0.717, 1.165) is 31.5 Å². The molecule has 2 aromatic carbocycles. The number of likely N-dealkylation sites (tertiary alicyclic amines) is 1. The number of nitrogens with zero attached hydrogens (tertiary/aromatic N) is 1. The third kappa shape index (κ3) is 4.80. The van der Waals surface area contributed by atoms with Crippen LogP contribution in [0.25, 0.3) is 0 Å². The normalized spacial score (nSPS) is 23.8. The molecule has 3 N–H and O–H groups in total. The number of hydrogen-bond acceptors (Lipinski definition) is 3. The lowest BCUT2D eigenvalue weighted by atomic mass is 9.98. The number of amides is 2. The van der Waals surface area contributed by atoms with Gasteiger partial charge in [-0.05, 0) is 42.4 Å². The summed E-state index contributed by atoms with van der Waals surface area (Å²) in [6.45, 7) is 1.55. The molecule has 2 aromatic rings. The van der Waals surface area contributed by atoms with Crippen molar-refractivity contribution in [3.05, 3.63) is 71.8 Å². The van der Waals surface area contributed by atoms with Crippen molar-refractivity contribution in [3.63, 3.8) is 0 Å². The average Bonchev–Trinajstić information content (AvgIpc) is 3.31. The highest BCUT2D eigenvalue weighted by Gasteiger charge is 2.42. The van der Waals surface area contributed by atoms with Crippen LogP contribution in [0.1, 0.15) is 41.2 Å². The molecule has 4 rings (SSSR count). The number of halogens is 1. The molecule has 4 atom stereocenters. The van der Waals surface area contributed by atoms with Gasteiger partial charge in [0.05, 0.1) is 12.5 Å². The van der Waals surface area contributed by atoms with Gasteiger partial charge in [-0.25, -0.2) is 0 Å². The second-order valence-corrected chi connectivity index (χ2v) is 7.97. The SMILES string of the molecule is Cl.NC1CCC2CN(C(=O)CC(NC(=O)c3ccccc3)c3ccccc3)CC12. The first-order valence-electron chi connectivity index (χ1n) is 10.1. The van der Waals surface area contributed by atoms with Crippen molar-refractivity contribution in [1.29, 1.82) is 0 Å². The molecule has 2 amide bonds. The van der Waals surface area contributed by atoms with Gasteiger partial charge in [0.25, 0.3) is 5.91 Å². The molecule has 2 fully saturated rings. The lowest BCUT2D eigenvalue weighted by molar-refractivity contribution is -0.131. The minimum Gasteiger partial charge on any atom is -0.345 e. The monoisotopic (exact) mass is 413 g/mol. The number of nitrogens with one attached hydrogen (secondary N) is 1. The minimum absolute atomic E-state index is 0. The van der Waals surface area contributed by atoms with Crippen LogP contribution in [0.5, 0.6) is 0 Å². The average molecular weight is 414 g/mol. The Labute approximate surface area is 178 Å². The highest BCUT2D eigenvalue weighted by molar-refractivity contribution is 5.94. The largest absolute Gasteiger partial charge is 0.345 e. The van der Waals surface area contributed by atoms with Gasteiger partial charge in [-0.1, -0.05) is 48.5 Å². The summed E-state index contributed by atoms with van der Waals surface area (Å²) in [5, 5.41) is 3.05. The molecular weight excluding hydrogens is 386 g/mol. The van der Waals surface area contributed by atoms with Crippen LogP contribution in [-0.2, 0) is 4.79 Å². The van der Waals surface area contributed by atoms with Crippen LogP contribution in [0.4, 0.5) is 0 Å². The second kappa shape index (κ2) is 9.42. The summed E-state index contributed by atoms with van der Waals surface area (Å²) in [5.41, 5.74) is 7.75. The molecule has 0 aromatic heterocycles. The van der Waals surface area contributed by atoms with Crippen LogP contribution in [0, 0.1) is 11.8 Å². The minimum atomic E-state index is -0.351. The molecule has 1 saturated carbocycles. The number of nitrogens with two attached hydrogens (primary N) is 1. The molecule has 1 aliphatic heterocycles. The van der Waals surface area contributed by atoms with Gasteiger partial charge in [0.15, 0.2) is 0 Å². The van der Waals surface area contributed by atoms with Crippen molar-refractivity contribution in [1.82, 2.24) is 10.2 Å². The molecule has 1 aliphatic carbocycles. The fraction of sp³-hybridized carbons (Fsp3) is 0.391. The van der Waals surface area contributed by atoms with Gasteiger partial charge >= 0.3 is 0 Å². The van der Waals surface area contributed by atoms with Gasteiger partial charge in [0, 0.05) is 24.7 Å². The summed E-state index contributed by atoms with van der Waals surface area (Å²) >= 11 is 0. The number of benzene rings is 2. The molecule has 154 valence electrons. The number of fused-ring (bicyclic) bond motifs is 1. The predicted octanol–water partition coefficient (Wildman–Crippen LogP) is 3.17. The van der Waals surface area contributed by atoms with E-state index in [1.165, 1.54) is 0 Å². The fourth-order valence-corrected chi connectivity index (χ4v) is 4.58. The Morgan fingerprint density at radius 3 is 2.31 bits per heavy atom. The van der Waals surface area contributed by atoms with Crippen LogP contribution in [0.2, 0.25) is 0 Å². The molecule has 0 radical (unpaired) electrons. The Morgan fingerprint density at radius 1 is 1.00 bits per heavy atom. The zero-order valence-corrected chi connectivity index (χ0v) is 17.2. The molecule has 2 aliphatic rings. The van der Waals surface area contributed by atoms with E-state index in [4.69, 9.17) is 5.73 Å². The fourth-order valence-electron chi connectivity index (χ4n) is 4.58. The highest BCUT2D eigenvalue weighted by atomic mass is 35.5. The van der Waals surface area contributed by atoms with E-state index in [1.807, 2.05) is 53.4 Å². The molecule has 5 nitrogen and oxygen atoms in total. The lowest BCUT2D eigenvalue weighted by Crippen LogP contribution is -2.37. The molecule has 0 bridgehead atoms. The molecule has 0 spiro atoms. The summed E-state index contributed by atoms with van der Waals surface area (Å²) in [7, 11) is 0. The number of rotatable bonds is 5. The van der Waals surface area contributed by atoms with Gasteiger partial charge < -0.3 is 16.0 Å². The van der Waals surface area contributed by atoms with E-state index in [0.29, 0.717) is 17.4 Å². The zero-order chi connectivity index (χ0) is 19.5. The van der Waals surface area contributed by atoms with Crippen molar-refractivity contribution < 1.29 is 9.59 Å². The Balaban J connectivity index is 0.00000240. The molecular formula is C23H28ClN3O2. The van der Waals surface area contributed by atoms with Crippen LogP contribution >= 0.6 is 12.4 Å². The van der Waals surface area contributed by atoms with Gasteiger partial charge in [-0.2, -0.15) is 0 Å². The van der Waals surface area contributed by atoms with Gasteiger partial charge in [-0.3, -0.25) is 9.59 Å². The van der Waals surface area contributed by atoms with Crippen LogP contribution in [0.3, 0.4) is 0 Å². The first-order chi connectivity index (χ1) is 13.6. The van der Waals surface area contributed by atoms with E-state index >= 15 is 0 Å². The second-order valence-electron chi connectivity index (χ2n) is 7.97. The molecule has 1 heterocycles. The number of carbonyl (C=O) groups excluding carboxylic acids is 2. The Bertz CT molecular complexity index is 831. The van der Waals surface area contributed by atoms with Crippen molar-refractivity contribution in [3.8, 4) is 0 Å². The Morgan fingerprint density at radius 2 is 1.66 bits per heavy atom. The van der Waals surface area contributed by atoms with Gasteiger partial charge in [-0.15, -0.1) is 12.4 Å². The number of carbonyl (C=O) groups is 2. The predicted molar refractivity (Wildman–Crippen MR) is 116 cm³/mol.